The van der Waals surface area contributed by atoms with Gasteiger partial charge in [-0.1, -0.05) is 158 Å². The number of nitrogens with zero attached hydrogens (tertiary/aromatic N) is 3. The highest BCUT2D eigenvalue weighted by Crippen LogP contribution is 2.35. The van der Waals surface area contributed by atoms with Gasteiger partial charge in [-0.15, -0.1) is 0 Å². The van der Waals surface area contributed by atoms with Gasteiger partial charge >= 0.3 is 0 Å². The van der Waals surface area contributed by atoms with Gasteiger partial charge in [0.1, 0.15) is 22.3 Å². The van der Waals surface area contributed by atoms with Gasteiger partial charge in [0, 0.05) is 38.2 Å². The minimum atomic E-state index is -2.86. The molecule has 0 bridgehead atoms. The summed E-state index contributed by atoms with van der Waals surface area (Å²) in [6.45, 7) is 0. The Morgan fingerprint density at radius 1 is 0.316 bits per heavy atom. The number of para-hydroxylation sites is 2. The standard InChI is InChI=1S/C51H33N3O2Si/c1-5-16-34(17-6-1)49-52-50(35-28-30-45-42(32-35)40-24-13-14-26-44(40)55-45)54-51(53-49)36-29-31-46-43(33-36)41-25-15-27-47(48(41)56-46)57(37-18-7-2-8-19-37,38-20-9-3-10-21-38)39-22-11-4-12-23-39/h1-33H. The topological polar surface area (TPSA) is 65.0 Å². The average molecular weight is 748 g/mol. The van der Waals surface area contributed by atoms with E-state index >= 15 is 0 Å². The van der Waals surface area contributed by atoms with E-state index in [0.717, 1.165) is 60.6 Å². The summed E-state index contributed by atoms with van der Waals surface area (Å²) in [6, 6.07) is 70.1. The number of fused-ring (bicyclic) bond motifs is 6. The molecule has 3 heterocycles. The van der Waals surface area contributed by atoms with Crippen molar-refractivity contribution < 1.29 is 8.83 Å². The molecule has 0 aliphatic rings. The summed E-state index contributed by atoms with van der Waals surface area (Å²) in [5, 5.41) is 9.24. The fraction of sp³-hybridized carbons (Fsp3) is 0. The first kappa shape index (κ1) is 33.0. The first-order valence-electron chi connectivity index (χ1n) is 19.1. The lowest BCUT2D eigenvalue weighted by Gasteiger charge is -2.34. The molecule has 0 aliphatic heterocycles. The summed E-state index contributed by atoms with van der Waals surface area (Å²) < 4.78 is 13.1. The van der Waals surface area contributed by atoms with Crippen LogP contribution in [0.1, 0.15) is 0 Å². The second-order valence-electron chi connectivity index (χ2n) is 14.3. The van der Waals surface area contributed by atoms with Crippen molar-refractivity contribution in [1.82, 2.24) is 15.0 Å². The molecule has 0 radical (unpaired) electrons. The van der Waals surface area contributed by atoms with Crippen LogP contribution in [0.3, 0.4) is 0 Å². The molecular formula is C51H33N3O2Si. The normalized spacial score (nSPS) is 11.9. The number of furan rings is 2. The predicted molar refractivity (Wildman–Crippen MR) is 234 cm³/mol. The van der Waals surface area contributed by atoms with Crippen LogP contribution in [-0.2, 0) is 0 Å². The van der Waals surface area contributed by atoms with Crippen LogP contribution in [0.15, 0.2) is 209 Å². The number of rotatable bonds is 7. The van der Waals surface area contributed by atoms with Gasteiger partial charge in [-0.05, 0) is 63.2 Å². The highest BCUT2D eigenvalue weighted by Gasteiger charge is 2.43. The lowest BCUT2D eigenvalue weighted by molar-refractivity contribution is 0.669. The van der Waals surface area contributed by atoms with Crippen molar-refractivity contribution in [3.63, 3.8) is 0 Å². The van der Waals surface area contributed by atoms with Crippen molar-refractivity contribution in [3.05, 3.63) is 200 Å². The summed E-state index contributed by atoms with van der Waals surface area (Å²) in [5.74, 6) is 1.79. The number of hydrogen-bond acceptors (Lipinski definition) is 5. The third kappa shape index (κ3) is 5.41. The Hall–Kier alpha value is -7.41. The van der Waals surface area contributed by atoms with E-state index < -0.39 is 8.07 Å². The van der Waals surface area contributed by atoms with E-state index in [-0.39, 0.29) is 0 Å². The minimum absolute atomic E-state index is 0.588. The van der Waals surface area contributed by atoms with Gasteiger partial charge in [0.05, 0.1) is 0 Å². The van der Waals surface area contributed by atoms with Crippen LogP contribution < -0.4 is 20.7 Å². The average Bonchev–Trinajstić information content (AvgIpc) is 3.86. The molecular weight excluding hydrogens is 715 g/mol. The SMILES string of the molecule is c1ccc(-c2nc(-c3ccc4oc5ccccc5c4c3)nc(-c3ccc4oc5c([Si](c6ccccc6)(c6ccccc6)c6ccccc6)cccc5c4c3)n2)cc1. The van der Waals surface area contributed by atoms with E-state index in [4.69, 9.17) is 23.8 Å². The van der Waals surface area contributed by atoms with E-state index in [1.165, 1.54) is 20.7 Å². The second-order valence-corrected chi connectivity index (χ2v) is 18.1. The van der Waals surface area contributed by atoms with Crippen LogP contribution in [0, 0.1) is 0 Å². The van der Waals surface area contributed by atoms with E-state index in [9.17, 15) is 0 Å². The van der Waals surface area contributed by atoms with Crippen molar-refractivity contribution in [2.45, 2.75) is 0 Å². The third-order valence-electron chi connectivity index (χ3n) is 11.1. The molecule has 5 nitrogen and oxygen atoms in total. The summed E-state index contributed by atoms with van der Waals surface area (Å²) in [6.07, 6.45) is 0. The Balaban J connectivity index is 1.12. The van der Waals surface area contributed by atoms with Crippen LogP contribution in [0.25, 0.3) is 78.0 Å². The molecule has 57 heavy (non-hydrogen) atoms. The summed E-state index contributed by atoms with van der Waals surface area (Å²) in [5.41, 5.74) is 6.07. The van der Waals surface area contributed by atoms with Gasteiger partial charge in [0.15, 0.2) is 25.5 Å². The molecule has 0 fully saturated rings. The molecule has 0 saturated heterocycles. The van der Waals surface area contributed by atoms with Crippen molar-refractivity contribution in [1.29, 1.82) is 0 Å². The molecule has 0 atom stereocenters. The van der Waals surface area contributed by atoms with E-state index in [0.29, 0.717) is 17.5 Å². The minimum Gasteiger partial charge on any atom is -0.456 e. The van der Waals surface area contributed by atoms with Gasteiger partial charge in [-0.2, -0.15) is 0 Å². The highest BCUT2D eigenvalue weighted by atomic mass is 28.3. The Kier molecular flexibility index (Phi) is 7.76. The zero-order chi connectivity index (χ0) is 37.8. The van der Waals surface area contributed by atoms with Gasteiger partial charge in [-0.3, -0.25) is 0 Å². The molecule has 268 valence electrons. The van der Waals surface area contributed by atoms with Gasteiger partial charge < -0.3 is 8.83 Å². The van der Waals surface area contributed by atoms with E-state index in [1.54, 1.807) is 0 Å². The molecule has 3 aromatic heterocycles. The zero-order valence-corrected chi connectivity index (χ0v) is 31.7. The van der Waals surface area contributed by atoms with Crippen LogP contribution in [0.2, 0.25) is 0 Å². The highest BCUT2D eigenvalue weighted by molar-refractivity contribution is 7.20. The first-order valence-corrected chi connectivity index (χ1v) is 21.1. The molecule has 6 heteroatoms. The van der Waals surface area contributed by atoms with Gasteiger partial charge in [0.2, 0.25) is 0 Å². The largest absolute Gasteiger partial charge is 0.456 e. The van der Waals surface area contributed by atoms with Crippen molar-refractivity contribution in [2.24, 2.45) is 0 Å². The Morgan fingerprint density at radius 3 is 1.33 bits per heavy atom. The van der Waals surface area contributed by atoms with Crippen molar-refractivity contribution in [3.8, 4) is 34.2 Å². The number of benzene rings is 8. The first-order chi connectivity index (χ1) is 28.2. The van der Waals surface area contributed by atoms with E-state index in [1.807, 2.05) is 60.7 Å². The number of aromatic nitrogens is 3. The van der Waals surface area contributed by atoms with Crippen molar-refractivity contribution >= 4 is 72.7 Å². The summed E-state index contributed by atoms with van der Waals surface area (Å²) in [4.78, 5) is 15.3. The molecule has 0 aliphatic carbocycles. The predicted octanol–water partition coefficient (Wildman–Crippen LogP) is 10.0. The molecule has 0 amide bonds. The van der Waals surface area contributed by atoms with Crippen LogP contribution in [0.5, 0.6) is 0 Å². The smallest absolute Gasteiger partial charge is 0.184 e. The lowest BCUT2D eigenvalue weighted by atomic mass is 10.1. The maximum atomic E-state index is 6.97. The van der Waals surface area contributed by atoms with Crippen molar-refractivity contribution in [2.75, 3.05) is 0 Å². The molecule has 0 N–H and O–H groups in total. The number of hydrogen-bond donors (Lipinski definition) is 0. The zero-order valence-electron chi connectivity index (χ0n) is 30.7. The van der Waals surface area contributed by atoms with Gasteiger partial charge in [-0.25, -0.2) is 15.0 Å². The Bertz CT molecular complexity index is 3140. The maximum absolute atomic E-state index is 6.97. The monoisotopic (exact) mass is 747 g/mol. The summed E-state index contributed by atoms with van der Waals surface area (Å²) >= 11 is 0. The molecule has 0 saturated carbocycles. The van der Waals surface area contributed by atoms with Crippen LogP contribution in [0.4, 0.5) is 0 Å². The second kappa shape index (κ2) is 13.4. The molecule has 11 aromatic rings. The van der Waals surface area contributed by atoms with Crippen LogP contribution >= 0.6 is 0 Å². The third-order valence-corrected chi connectivity index (χ3v) is 15.9. The fourth-order valence-electron chi connectivity index (χ4n) is 8.48. The molecule has 11 rings (SSSR count). The summed E-state index contributed by atoms with van der Waals surface area (Å²) in [7, 11) is -2.86. The van der Waals surface area contributed by atoms with E-state index in [2.05, 4.69) is 140 Å². The van der Waals surface area contributed by atoms with Crippen LogP contribution in [-0.4, -0.2) is 23.0 Å². The van der Waals surface area contributed by atoms with Gasteiger partial charge in [0.25, 0.3) is 0 Å². The quantitative estimate of drug-likeness (QED) is 0.120. The Morgan fingerprint density at radius 2 is 0.754 bits per heavy atom. The lowest BCUT2D eigenvalue weighted by Crippen LogP contribution is -2.74. The molecule has 0 unspecified atom stereocenters. The fourth-order valence-corrected chi connectivity index (χ4v) is 13.4. The Labute approximate surface area is 329 Å². The molecule has 0 spiro atoms. The molecule has 8 aromatic carbocycles. The maximum Gasteiger partial charge on any atom is 0.184 e.